The normalized spacial score (nSPS) is 15.9. The van der Waals surface area contributed by atoms with E-state index < -0.39 is 0 Å². The van der Waals surface area contributed by atoms with E-state index in [2.05, 4.69) is 10.3 Å². The number of hydrogen-bond donors (Lipinski definition) is 1. The minimum absolute atomic E-state index is 0.249. The van der Waals surface area contributed by atoms with Gasteiger partial charge in [0.15, 0.2) is 0 Å². The van der Waals surface area contributed by atoms with Gasteiger partial charge in [-0.25, -0.2) is 4.99 Å². The second kappa shape index (κ2) is 5.95. The second-order valence-corrected chi connectivity index (χ2v) is 5.82. The summed E-state index contributed by atoms with van der Waals surface area (Å²) >= 11 is 12.0. The molecule has 3 nitrogen and oxygen atoms in total. The average Bonchev–Trinajstić information content (AvgIpc) is 2.84. The van der Waals surface area contributed by atoms with Gasteiger partial charge in [-0.2, -0.15) is 0 Å². The molecule has 22 heavy (non-hydrogen) atoms. The molecule has 0 unspecified atom stereocenters. The molecule has 0 bridgehead atoms. The summed E-state index contributed by atoms with van der Waals surface area (Å²) in [6.07, 6.45) is 1.65. The highest BCUT2D eigenvalue weighted by atomic mass is 35.5. The molecule has 5 heteroatoms. The minimum Gasteiger partial charge on any atom is -0.305 e. The van der Waals surface area contributed by atoms with E-state index in [-0.39, 0.29) is 5.91 Å². The Morgan fingerprint density at radius 2 is 1.82 bits per heavy atom. The van der Waals surface area contributed by atoms with Gasteiger partial charge in [0.25, 0.3) is 5.91 Å². The Hall–Kier alpha value is -2.10. The van der Waals surface area contributed by atoms with Crippen LogP contribution in [0.1, 0.15) is 16.7 Å². The lowest BCUT2D eigenvalue weighted by atomic mass is 10.1. The van der Waals surface area contributed by atoms with Crippen molar-refractivity contribution in [3.8, 4) is 0 Å². The predicted molar refractivity (Wildman–Crippen MR) is 90.3 cm³/mol. The maximum Gasteiger partial charge on any atom is 0.275 e. The van der Waals surface area contributed by atoms with E-state index in [1.54, 1.807) is 24.3 Å². The Kier molecular flexibility index (Phi) is 4.01. The van der Waals surface area contributed by atoms with Gasteiger partial charge >= 0.3 is 0 Å². The van der Waals surface area contributed by atoms with Crippen molar-refractivity contribution in [1.82, 2.24) is 5.32 Å². The van der Waals surface area contributed by atoms with E-state index in [1.165, 1.54) is 0 Å². The molecule has 2 aromatic rings. The third kappa shape index (κ3) is 3.06. The fraction of sp³-hybridized carbons (Fsp3) is 0.0588. The molecule has 1 aliphatic heterocycles. The van der Waals surface area contributed by atoms with Crippen LogP contribution >= 0.6 is 23.2 Å². The first-order chi connectivity index (χ1) is 10.5. The monoisotopic (exact) mass is 330 g/mol. The van der Waals surface area contributed by atoms with Gasteiger partial charge in [-0.3, -0.25) is 4.79 Å². The van der Waals surface area contributed by atoms with Crippen molar-refractivity contribution in [3.05, 3.63) is 74.9 Å². The van der Waals surface area contributed by atoms with Crippen molar-refractivity contribution >= 4 is 41.0 Å². The number of aryl methyl sites for hydroxylation is 1. The fourth-order valence-electron chi connectivity index (χ4n) is 2.08. The maximum absolute atomic E-state index is 12.0. The number of carbonyl (C=O) groups is 1. The van der Waals surface area contributed by atoms with Crippen molar-refractivity contribution in [2.24, 2.45) is 4.99 Å². The van der Waals surface area contributed by atoms with E-state index >= 15 is 0 Å². The second-order valence-electron chi connectivity index (χ2n) is 4.98. The van der Waals surface area contributed by atoms with Gasteiger partial charge in [0.2, 0.25) is 0 Å². The van der Waals surface area contributed by atoms with Gasteiger partial charge in [-0.05, 0) is 30.7 Å². The molecule has 2 aromatic carbocycles. The number of aliphatic imine (C=N–C) groups is 1. The summed E-state index contributed by atoms with van der Waals surface area (Å²) in [5, 5.41) is 3.79. The van der Waals surface area contributed by atoms with Gasteiger partial charge in [-0.15, -0.1) is 0 Å². The van der Waals surface area contributed by atoms with Crippen LogP contribution in [0.25, 0.3) is 6.08 Å². The molecule has 0 saturated heterocycles. The number of amidine groups is 1. The molecule has 1 aliphatic rings. The Labute approximate surface area is 138 Å². The summed E-state index contributed by atoms with van der Waals surface area (Å²) < 4.78 is 0. The van der Waals surface area contributed by atoms with Crippen LogP contribution in [0.3, 0.4) is 0 Å². The van der Waals surface area contributed by atoms with Gasteiger partial charge in [-0.1, -0.05) is 59.1 Å². The number of amides is 1. The number of halogens is 2. The summed E-state index contributed by atoms with van der Waals surface area (Å²) in [6, 6.07) is 12.9. The van der Waals surface area contributed by atoms with Crippen molar-refractivity contribution in [2.45, 2.75) is 6.92 Å². The summed E-state index contributed by atoms with van der Waals surface area (Å²) in [5.74, 6) is 0.294. The molecule has 1 heterocycles. The summed E-state index contributed by atoms with van der Waals surface area (Å²) in [6.45, 7) is 2.01. The van der Waals surface area contributed by atoms with Gasteiger partial charge in [0.05, 0.1) is 0 Å². The molecule has 0 aromatic heterocycles. The van der Waals surface area contributed by atoms with Crippen molar-refractivity contribution in [3.63, 3.8) is 0 Å². The number of hydrogen-bond acceptors (Lipinski definition) is 2. The average molecular weight is 331 g/mol. The molecule has 3 rings (SSSR count). The first-order valence-corrected chi connectivity index (χ1v) is 7.42. The third-order valence-electron chi connectivity index (χ3n) is 3.28. The molecule has 0 aliphatic carbocycles. The van der Waals surface area contributed by atoms with Crippen LogP contribution in [-0.2, 0) is 4.79 Å². The van der Waals surface area contributed by atoms with Crippen LogP contribution in [-0.4, -0.2) is 11.7 Å². The molecule has 0 saturated carbocycles. The first-order valence-electron chi connectivity index (χ1n) is 6.67. The van der Waals surface area contributed by atoms with Gasteiger partial charge < -0.3 is 5.32 Å². The van der Waals surface area contributed by atoms with E-state index in [1.807, 2.05) is 31.2 Å². The first kappa shape index (κ1) is 14.8. The van der Waals surface area contributed by atoms with Crippen LogP contribution in [0.5, 0.6) is 0 Å². The Balaban J connectivity index is 1.95. The lowest BCUT2D eigenvalue weighted by molar-refractivity contribution is -0.115. The summed E-state index contributed by atoms with van der Waals surface area (Å²) in [7, 11) is 0. The molecule has 0 atom stereocenters. The minimum atomic E-state index is -0.249. The highest BCUT2D eigenvalue weighted by Crippen LogP contribution is 2.24. The van der Waals surface area contributed by atoms with Crippen LogP contribution in [0.4, 0.5) is 0 Å². The summed E-state index contributed by atoms with van der Waals surface area (Å²) in [5.41, 5.74) is 3.03. The highest BCUT2D eigenvalue weighted by molar-refractivity contribution is 6.35. The molecule has 0 spiro atoms. The van der Waals surface area contributed by atoms with Gasteiger partial charge in [0, 0.05) is 15.6 Å². The molecular weight excluding hydrogens is 319 g/mol. The van der Waals surface area contributed by atoms with Crippen molar-refractivity contribution in [2.75, 3.05) is 0 Å². The molecule has 0 fully saturated rings. The quantitative estimate of drug-likeness (QED) is 0.823. The number of carbonyl (C=O) groups excluding carboxylic acids is 1. The molecule has 0 radical (unpaired) electrons. The van der Waals surface area contributed by atoms with E-state index in [0.29, 0.717) is 27.1 Å². The molecule has 110 valence electrons. The number of nitrogens with zero attached hydrogens (tertiary/aromatic N) is 1. The van der Waals surface area contributed by atoms with Crippen LogP contribution in [0.2, 0.25) is 10.0 Å². The third-order valence-corrected chi connectivity index (χ3v) is 3.84. The topological polar surface area (TPSA) is 41.5 Å². The fourth-order valence-corrected chi connectivity index (χ4v) is 2.55. The predicted octanol–water partition coefficient (Wildman–Crippen LogP) is 4.22. The Morgan fingerprint density at radius 1 is 1.09 bits per heavy atom. The van der Waals surface area contributed by atoms with E-state index in [9.17, 15) is 4.79 Å². The smallest absolute Gasteiger partial charge is 0.275 e. The Morgan fingerprint density at radius 3 is 2.50 bits per heavy atom. The lowest BCUT2D eigenvalue weighted by Gasteiger charge is -2.00. The van der Waals surface area contributed by atoms with Crippen molar-refractivity contribution < 1.29 is 4.79 Å². The largest absolute Gasteiger partial charge is 0.305 e. The van der Waals surface area contributed by atoms with Crippen LogP contribution < -0.4 is 5.32 Å². The SMILES string of the molecule is Cc1ccc(C2=NC(=Cc3ccc(Cl)cc3Cl)C(=O)N2)cc1. The lowest BCUT2D eigenvalue weighted by Crippen LogP contribution is -2.24. The summed E-state index contributed by atoms with van der Waals surface area (Å²) in [4.78, 5) is 16.4. The van der Waals surface area contributed by atoms with Crippen LogP contribution in [0, 0.1) is 6.92 Å². The Bertz CT molecular complexity index is 808. The van der Waals surface area contributed by atoms with Crippen molar-refractivity contribution in [1.29, 1.82) is 0 Å². The van der Waals surface area contributed by atoms with Crippen LogP contribution in [0.15, 0.2) is 53.2 Å². The number of rotatable bonds is 2. The molecule has 1 N–H and O–H groups in total. The molecule has 1 amide bonds. The number of nitrogens with one attached hydrogen (secondary N) is 1. The maximum atomic E-state index is 12.0. The standard InChI is InChI=1S/C17H12Cl2N2O/c1-10-2-4-11(5-3-10)16-20-15(17(22)21-16)8-12-6-7-13(18)9-14(12)19/h2-9H,1H3,(H,20,21,22). The zero-order valence-electron chi connectivity index (χ0n) is 11.7. The van der Waals surface area contributed by atoms with E-state index in [0.717, 1.165) is 11.1 Å². The highest BCUT2D eigenvalue weighted by Gasteiger charge is 2.21. The zero-order valence-corrected chi connectivity index (χ0v) is 13.2. The zero-order chi connectivity index (χ0) is 15.7. The molecular formula is C17H12Cl2N2O. The number of benzene rings is 2. The van der Waals surface area contributed by atoms with E-state index in [4.69, 9.17) is 23.2 Å². The van der Waals surface area contributed by atoms with Gasteiger partial charge in [0.1, 0.15) is 11.5 Å².